The van der Waals surface area contributed by atoms with E-state index in [1.807, 2.05) is 0 Å². The molecule has 0 aromatic heterocycles. The highest BCUT2D eigenvalue weighted by atomic mass is 79.9. The molecule has 1 fully saturated rings. The summed E-state index contributed by atoms with van der Waals surface area (Å²) in [6, 6.07) is 2.17. The highest BCUT2D eigenvalue weighted by molar-refractivity contribution is 9.10. The Kier molecular flexibility index (Phi) is 4.35. The van der Waals surface area contributed by atoms with Gasteiger partial charge in [-0.25, -0.2) is 8.78 Å². The maximum atomic E-state index is 14.1. The number of nitrogens with two attached hydrogens (primary N) is 1. The van der Waals surface area contributed by atoms with E-state index < -0.39 is 17.7 Å². The summed E-state index contributed by atoms with van der Waals surface area (Å²) in [6.45, 7) is 2.11. The minimum absolute atomic E-state index is 0.0469. The molecular weight excluding hydrogens is 302 g/mol. The fraction of sp³-hybridized carbons (Fsp3) is 0.538. The Morgan fingerprint density at radius 2 is 2.11 bits per heavy atom. The Morgan fingerprint density at radius 1 is 1.39 bits per heavy atom. The Morgan fingerprint density at radius 3 is 2.67 bits per heavy atom. The molecule has 0 heterocycles. The third-order valence-corrected chi connectivity index (χ3v) is 4.54. The highest BCUT2D eigenvalue weighted by Gasteiger charge is 2.34. The van der Waals surface area contributed by atoms with Crippen LogP contribution in [0.2, 0.25) is 0 Å². The minimum Gasteiger partial charge on any atom is -0.271 e. The van der Waals surface area contributed by atoms with Crippen molar-refractivity contribution in [1.82, 2.24) is 5.43 Å². The molecular formula is C13H17BrF2N2. The van der Waals surface area contributed by atoms with Crippen molar-refractivity contribution >= 4 is 15.9 Å². The highest BCUT2D eigenvalue weighted by Crippen LogP contribution is 2.41. The van der Waals surface area contributed by atoms with Crippen LogP contribution in [0.3, 0.4) is 0 Å². The monoisotopic (exact) mass is 318 g/mol. The number of nitrogens with one attached hydrogen (secondary N) is 1. The number of hydrazine groups is 1. The number of rotatable bonds is 3. The van der Waals surface area contributed by atoms with E-state index in [4.69, 9.17) is 5.84 Å². The molecule has 100 valence electrons. The van der Waals surface area contributed by atoms with Gasteiger partial charge in [0.15, 0.2) is 0 Å². The number of benzene rings is 1. The second kappa shape index (κ2) is 5.63. The molecule has 0 radical (unpaired) electrons. The van der Waals surface area contributed by atoms with Gasteiger partial charge in [-0.1, -0.05) is 19.8 Å². The molecule has 0 amide bonds. The average molecular weight is 319 g/mol. The van der Waals surface area contributed by atoms with E-state index in [0.29, 0.717) is 5.92 Å². The van der Waals surface area contributed by atoms with Crippen molar-refractivity contribution in [2.75, 3.05) is 0 Å². The summed E-state index contributed by atoms with van der Waals surface area (Å²) >= 11 is 3.09. The molecule has 0 saturated heterocycles. The molecule has 2 nitrogen and oxygen atoms in total. The van der Waals surface area contributed by atoms with E-state index >= 15 is 0 Å². The number of hydrogen-bond donors (Lipinski definition) is 2. The Hall–Kier alpha value is -0.520. The van der Waals surface area contributed by atoms with E-state index in [1.54, 1.807) is 0 Å². The zero-order valence-corrected chi connectivity index (χ0v) is 11.8. The van der Waals surface area contributed by atoms with E-state index in [1.165, 1.54) is 12.1 Å². The maximum absolute atomic E-state index is 14.1. The Labute approximate surface area is 114 Å². The number of hydrogen-bond acceptors (Lipinski definition) is 2. The molecule has 1 aliphatic carbocycles. The predicted molar refractivity (Wildman–Crippen MR) is 70.6 cm³/mol. The molecule has 3 unspecified atom stereocenters. The van der Waals surface area contributed by atoms with Gasteiger partial charge in [0.1, 0.15) is 11.6 Å². The molecule has 18 heavy (non-hydrogen) atoms. The minimum atomic E-state index is -0.558. The second-order valence-corrected chi connectivity index (χ2v) is 5.83. The summed E-state index contributed by atoms with van der Waals surface area (Å²) in [4.78, 5) is 0. The first-order valence-electron chi connectivity index (χ1n) is 6.15. The molecule has 1 aliphatic rings. The second-order valence-electron chi connectivity index (χ2n) is 4.97. The van der Waals surface area contributed by atoms with E-state index in [9.17, 15) is 8.78 Å². The fourth-order valence-corrected chi connectivity index (χ4v) is 3.26. The molecule has 5 heteroatoms. The largest absolute Gasteiger partial charge is 0.271 e. The lowest BCUT2D eigenvalue weighted by Crippen LogP contribution is -2.36. The zero-order chi connectivity index (χ0) is 13.3. The maximum Gasteiger partial charge on any atom is 0.145 e. The fourth-order valence-electron chi connectivity index (χ4n) is 2.92. The van der Waals surface area contributed by atoms with Crippen molar-refractivity contribution < 1.29 is 8.78 Å². The normalized spacial score (nSPS) is 25.4. The smallest absolute Gasteiger partial charge is 0.145 e. The van der Waals surface area contributed by atoms with Gasteiger partial charge in [-0.15, -0.1) is 0 Å². The molecule has 3 atom stereocenters. The molecule has 0 bridgehead atoms. The van der Waals surface area contributed by atoms with Gasteiger partial charge >= 0.3 is 0 Å². The molecule has 1 aromatic carbocycles. The van der Waals surface area contributed by atoms with Gasteiger partial charge in [0.25, 0.3) is 0 Å². The number of halogens is 3. The van der Waals surface area contributed by atoms with E-state index in [0.717, 1.165) is 19.3 Å². The zero-order valence-electron chi connectivity index (χ0n) is 10.2. The van der Waals surface area contributed by atoms with E-state index in [-0.39, 0.29) is 16.0 Å². The van der Waals surface area contributed by atoms with Gasteiger partial charge in [-0.05, 0) is 46.3 Å². The van der Waals surface area contributed by atoms with Crippen molar-refractivity contribution in [3.8, 4) is 0 Å². The summed E-state index contributed by atoms with van der Waals surface area (Å²) in [7, 11) is 0. The van der Waals surface area contributed by atoms with Crippen LogP contribution in [0.15, 0.2) is 16.6 Å². The van der Waals surface area contributed by atoms with Crippen molar-refractivity contribution in [2.24, 2.45) is 17.7 Å². The van der Waals surface area contributed by atoms with E-state index in [2.05, 4.69) is 28.3 Å². The van der Waals surface area contributed by atoms with Crippen LogP contribution in [0.4, 0.5) is 8.78 Å². The first-order valence-corrected chi connectivity index (χ1v) is 6.95. The van der Waals surface area contributed by atoms with Gasteiger partial charge in [0.05, 0.1) is 10.5 Å². The summed E-state index contributed by atoms with van der Waals surface area (Å²) in [5, 5.41) is 0. The molecule has 0 aliphatic heterocycles. The molecule has 1 aromatic rings. The van der Waals surface area contributed by atoms with Crippen LogP contribution in [0.5, 0.6) is 0 Å². The van der Waals surface area contributed by atoms with Crippen molar-refractivity contribution in [3.63, 3.8) is 0 Å². The molecule has 3 N–H and O–H groups in total. The topological polar surface area (TPSA) is 38.0 Å². The SMILES string of the molecule is CC1CCCC1C(NN)c1c(F)ccc(Br)c1F. The predicted octanol–water partition coefficient (Wildman–Crippen LogP) is 3.67. The summed E-state index contributed by atoms with van der Waals surface area (Å²) in [5.41, 5.74) is 2.65. The lowest BCUT2D eigenvalue weighted by molar-refractivity contribution is 0.290. The van der Waals surface area contributed by atoms with Crippen LogP contribution < -0.4 is 11.3 Å². The van der Waals surface area contributed by atoms with Gasteiger partial charge in [0, 0.05) is 5.56 Å². The third kappa shape index (κ3) is 2.44. The molecule has 0 spiro atoms. The lowest BCUT2D eigenvalue weighted by atomic mass is 9.86. The third-order valence-electron chi connectivity index (χ3n) is 3.93. The standard InChI is InChI=1S/C13H17BrF2N2/c1-7-3-2-4-8(7)13(18-17)11-10(15)6-5-9(14)12(11)16/h5-8,13,18H,2-4,17H2,1H3. The summed E-state index contributed by atoms with van der Waals surface area (Å²) in [6.07, 6.45) is 3.11. The van der Waals surface area contributed by atoms with Crippen LogP contribution in [-0.2, 0) is 0 Å². The van der Waals surface area contributed by atoms with Crippen LogP contribution in [-0.4, -0.2) is 0 Å². The van der Waals surface area contributed by atoms with Crippen molar-refractivity contribution in [1.29, 1.82) is 0 Å². The Bertz CT molecular complexity index is 439. The van der Waals surface area contributed by atoms with Gasteiger partial charge in [0.2, 0.25) is 0 Å². The lowest BCUT2D eigenvalue weighted by Gasteiger charge is -2.27. The quantitative estimate of drug-likeness (QED) is 0.507. The Balaban J connectivity index is 2.41. The van der Waals surface area contributed by atoms with Crippen LogP contribution >= 0.6 is 15.9 Å². The van der Waals surface area contributed by atoms with Gasteiger partial charge in [-0.3, -0.25) is 11.3 Å². The molecule has 2 rings (SSSR count). The van der Waals surface area contributed by atoms with Crippen LogP contribution in [0.1, 0.15) is 37.8 Å². The van der Waals surface area contributed by atoms with Gasteiger partial charge < -0.3 is 0 Å². The first kappa shape index (κ1) is 13.9. The summed E-state index contributed by atoms with van der Waals surface area (Å²) in [5.74, 6) is 5.03. The van der Waals surface area contributed by atoms with Crippen LogP contribution in [0, 0.1) is 23.5 Å². The van der Waals surface area contributed by atoms with Crippen molar-refractivity contribution in [2.45, 2.75) is 32.2 Å². The van der Waals surface area contributed by atoms with Crippen molar-refractivity contribution in [3.05, 3.63) is 33.8 Å². The first-order chi connectivity index (χ1) is 8.56. The molecule has 1 saturated carbocycles. The average Bonchev–Trinajstić information content (AvgIpc) is 2.76. The van der Waals surface area contributed by atoms with Gasteiger partial charge in [-0.2, -0.15) is 0 Å². The van der Waals surface area contributed by atoms with Crippen LogP contribution in [0.25, 0.3) is 0 Å². The summed E-state index contributed by atoms with van der Waals surface area (Å²) < 4.78 is 28.3.